The molecule has 0 bridgehead atoms. The lowest BCUT2D eigenvalue weighted by atomic mass is 10.1. The molecular formula is C13H18BrClN2O2S. The van der Waals surface area contributed by atoms with Crippen molar-refractivity contribution in [2.75, 3.05) is 19.6 Å². The third kappa shape index (κ3) is 3.36. The Bertz CT molecular complexity index is 574. The SMILES string of the molecule is CCN(C1CCCNC1)S(=O)(=O)c1ccc(Cl)c(Br)c1. The lowest BCUT2D eigenvalue weighted by Gasteiger charge is -2.33. The minimum Gasteiger partial charge on any atom is -0.315 e. The molecule has 1 aliphatic heterocycles. The third-order valence-electron chi connectivity index (χ3n) is 3.49. The smallest absolute Gasteiger partial charge is 0.243 e. The summed E-state index contributed by atoms with van der Waals surface area (Å²) in [6, 6.07) is 4.75. The summed E-state index contributed by atoms with van der Waals surface area (Å²) < 4.78 is 27.7. The van der Waals surface area contributed by atoms with Crippen LogP contribution in [0.15, 0.2) is 27.6 Å². The maximum absolute atomic E-state index is 12.8. The maximum Gasteiger partial charge on any atom is 0.243 e. The highest BCUT2D eigenvalue weighted by atomic mass is 79.9. The van der Waals surface area contributed by atoms with Crippen LogP contribution in [0, 0.1) is 0 Å². The second-order valence-electron chi connectivity index (χ2n) is 4.78. The average molecular weight is 382 g/mol. The van der Waals surface area contributed by atoms with Gasteiger partial charge in [-0.2, -0.15) is 4.31 Å². The molecule has 1 heterocycles. The molecule has 0 aliphatic carbocycles. The minimum absolute atomic E-state index is 0.0215. The van der Waals surface area contributed by atoms with Gasteiger partial charge in [-0.25, -0.2) is 8.42 Å². The number of sulfonamides is 1. The number of nitrogens with one attached hydrogen (secondary N) is 1. The fourth-order valence-electron chi connectivity index (χ4n) is 2.48. The van der Waals surface area contributed by atoms with Crippen molar-refractivity contribution in [3.05, 3.63) is 27.7 Å². The first kappa shape index (κ1) is 16.2. The topological polar surface area (TPSA) is 49.4 Å². The maximum atomic E-state index is 12.8. The van der Waals surface area contributed by atoms with E-state index in [9.17, 15) is 8.42 Å². The molecule has 1 saturated heterocycles. The third-order valence-corrected chi connectivity index (χ3v) is 6.72. The fraction of sp³-hybridized carbons (Fsp3) is 0.538. The summed E-state index contributed by atoms with van der Waals surface area (Å²) >= 11 is 9.21. The Morgan fingerprint density at radius 3 is 2.80 bits per heavy atom. The Morgan fingerprint density at radius 2 is 2.25 bits per heavy atom. The van der Waals surface area contributed by atoms with E-state index in [0.29, 0.717) is 22.6 Å². The molecule has 4 nitrogen and oxygen atoms in total. The Kier molecular flexibility index (Phi) is 5.48. The van der Waals surface area contributed by atoms with Gasteiger partial charge in [-0.05, 0) is 53.5 Å². The van der Waals surface area contributed by atoms with Crippen LogP contribution in [0.3, 0.4) is 0 Å². The zero-order valence-electron chi connectivity index (χ0n) is 11.3. The van der Waals surface area contributed by atoms with Crippen molar-refractivity contribution in [2.24, 2.45) is 0 Å². The van der Waals surface area contributed by atoms with Gasteiger partial charge in [0.25, 0.3) is 0 Å². The molecule has 1 aliphatic rings. The van der Waals surface area contributed by atoms with E-state index >= 15 is 0 Å². The van der Waals surface area contributed by atoms with Crippen LogP contribution in [-0.4, -0.2) is 38.4 Å². The van der Waals surface area contributed by atoms with Crippen LogP contribution >= 0.6 is 27.5 Å². The molecule has 1 aromatic rings. The molecule has 20 heavy (non-hydrogen) atoms. The largest absolute Gasteiger partial charge is 0.315 e. The summed E-state index contributed by atoms with van der Waals surface area (Å²) in [6.07, 6.45) is 1.90. The zero-order chi connectivity index (χ0) is 14.8. The monoisotopic (exact) mass is 380 g/mol. The molecular weight excluding hydrogens is 364 g/mol. The molecule has 1 N–H and O–H groups in total. The van der Waals surface area contributed by atoms with Crippen molar-refractivity contribution in [3.63, 3.8) is 0 Å². The normalized spacial score (nSPS) is 20.3. The highest BCUT2D eigenvalue weighted by molar-refractivity contribution is 9.10. The molecule has 0 radical (unpaired) electrons. The van der Waals surface area contributed by atoms with Crippen LogP contribution in [0.2, 0.25) is 5.02 Å². The summed E-state index contributed by atoms with van der Waals surface area (Å²) in [5.74, 6) is 0. The van der Waals surface area contributed by atoms with E-state index in [1.165, 1.54) is 0 Å². The minimum atomic E-state index is -3.49. The first-order valence-electron chi connectivity index (χ1n) is 6.64. The van der Waals surface area contributed by atoms with Crippen LogP contribution in [0.1, 0.15) is 19.8 Å². The van der Waals surface area contributed by atoms with E-state index in [-0.39, 0.29) is 10.9 Å². The molecule has 0 amide bonds. The van der Waals surface area contributed by atoms with Crippen molar-refractivity contribution in [1.82, 2.24) is 9.62 Å². The number of piperidine rings is 1. The molecule has 1 fully saturated rings. The van der Waals surface area contributed by atoms with Gasteiger partial charge < -0.3 is 5.32 Å². The highest BCUT2D eigenvalue weighted by Gasteiger charge is 2.31. The molecule has 112 valence electrons. The molecule has 2 rings (SSSR count). The van der Waals surface area contributed by atoms with E-state index < -0.39 is 10.0 Å². The molecule has 7 heteroatoms. The summed E-state index contributed by atoms with van der Waals surface area (Å²) in [6.45, 7) is 4.01. The Labute approximate surface area is 133 Å². The Morgan fingerprint density at radius 1 is 1.50 bits per heavy atom. The van der Waals surface area contributed by atoms with Gasteiger partial charge in [-0.3, -0.25) is 0 Å². The van der Waals surface area contributed by atoms with Gasteiger partial charge in [-0.15, -0.1) is 0 Å². The van der Waals surface area contributed by atoms with Crippen molar-refractivity contribution < 1.29 is 8.42 Å². The second-order valence-corrected chi connectivity index (χ2v) is 7.94. The highest BCUT2D eigenvalue weighted by Crippen LogP contribution is 2.28. The van der Waals surface area contributed by atoms with Gasteiger partial charge in [0.1, 0.15) is 0 Å². The van der Waals surface area contributed by atoms with E-state index in [2.05, 4.69) is 21.2 Å². The predicted octanol–water partition coefficient (Wildman–Crippen LogP) is 2.87. The number of benzene rings is 1. The van der Waals surface area contributed by atoms with Crippen LogP contribution in [0.5, 0.6) is 0 Å². The van der Waals surface area contributed by atoms with E-state index in [0.717, 1.165) is 19.4 Å². The number of likely N-dealkylation sites (N-methyl/N-ethyl adjacent to an activating group) is 1. The summed E-state index contributed by atoms with van der Waals surface area (Å²) in [4.78, 5) is 0.279. The summed E-state index contributed by atoms with van der Waals surface area (Å²) in [5.41, 5.74) is 0. The lowest BCUT2D eigenvalue weighted by molar-refractivity contribution is 0.274. The van der Waals surface area contributed by atoms with Crippen LogP contribution in [-0.2, 0) is 10.0 Å². The van der Waals surface area contributed by atoms with Crippen molar-refractivity contribution in [3.8, 4) is 0 Å². The van der Waals surface area contributed by atoms with Gasteiger partial charge in [0.2, 0.25) is 10.0 Å². The predicted molar refractivity (Wildman–Crippen MR) is 84.6 cm³/mol. The van der Waals surface area contributed by atoms with Gasteiger partial charge in [-0.1, -0.05) is 18.5 Å². The summed E-state index contributed by atoms with van der Waals surface area (Å²) in [7, 11) is -3.49. The van der Waals surface area contributed by atoms with E-state index in [1.807, 2.05) is 6.92 Å². The number of nitrogens with zero attached hydrogens (tertiary/aromatic N) is 1. The Hall–Kier alpha value is -0.140. The number of hydrogen-bond donors (Lipinski definition) is 1. The lowest BCUT2D eigenvalue weighted by Crippen LogP contribution is -2.48. The number of halogens is 2. The first-order chi connectivity index (χ1) is 9.46. The number of rotatable bonds is 4. The first-order valence-corrected chi connectivity index (χ1v) is 9.25. The second kappa shape index (κ2) is 6.75. The fourth-order valence-corrected chi connectivity index (χ4v) is 4.81. The van der Waals surface area contributed by atoms with Gasteiger partial charge in [0.05, 0.1) is 9.92 Å². The molecule has 0 spiro atoms. The Balaban J connectivity index is 2.32. The molecule has 1 atom stereocenters. The van der Waals surface area contributed by atoms with Crippen LogP contribution in [0.4, 0.5) is 0 Å². The zero-order valence-corrected chi connectivity index (χ0v) is 14.4. The molecule has 0 aromatic heterocycles. The van der Waals surface area contributed by atoms with E-state index in [4.69, 9.17) is 11.6 Å². The number of hydrogen-bond acceptors (Lipinski definition) is 3. The average Bonchev–Trinajstić information content (AvgIpc) is 2.43. The van der Waals surface area contributed by atoms with Crippen molar-refractivity contribution in [1.29, 1.82) is 0 Å². The van der Waals surface area contributed by atoms with Crippen molar-refractivity contribution >= 4 is 37.6 Å². The van der Waals surface area contributed by atoms with Crippen LogP contribution in [0.25, 0.3) is 0 Å². The van der Waals surface area contributed by atoms with Gasteiger partial charge in [0.15, 0.2) is 0 Å². The molecule has 0 saturated carbocycles. The van der Waals surface area contributed by atoms with Gasteiger partial charge >= 0.3 is 0 Å². The summed E-state index contributed by atoms with van der Waals surface area (Å²) in [5, 5.41) is 3.76. The standard InChI is InChI=1S/C13H18BrClN2O2S/c1-2-17(10-4-3-7-16-9-10)20(18,19)11-5-6-13(15)12(14)8-11/h5-6,8,10,16H,2-4,7,9H2,1H3. The van der Waals surface area contributed by atoms with Crippen molar-refractivity contribution in [2.45, 2.75) is 30.7 Å². The molecule has 1 unspecified atom stereocenters. The van der Waals surface area contributed by atoms with E-state index in [1.54, 1.807) is 22.5 Å². The van der Waals surface area contributed by atoms with Crippen LogP contribution < -0.4 is 5.32 Å². The quantitative estimate of drug-likeness (QED) is 0.872. The van der Waals surface area contributed by atoms with Gasteiger partial charge in [0, 0.05) is 23.6 Å². The molecule has 1 aromatic carbocycles.